The van der Waals surface area contributed by atoms with E-state index in [9.17, 15) is 14.4 Å². The van der Waals surface area contributed by atoms with E-state index in [-0.39, 0.29) is 12.1 Å². The molecule has 0 bridgehead atoms. The van der Waals surface area contributed by atoms with Crippen molar-refractivity contribution in [1.29, 1.82) is 0 Å². The number of carbonyl (C=O) groups excluding carboxylic acids is 1. The van der Waals surface area contributed by atoms with Gasteiger partial charge in [0.2, 0.25) is 0 Å². The monoisotopic (exact) mass is 274 g/mol. The van der Waals surface area contributed by atoms with Gasteiger partial charge in [-0.05, 0) is 19.3 Å². The fraction of sp³-hybridized carbons (Fsp3) is 0.727. The van der Waals surface area contributed by atoms with E-state index in [4.69, 9.17) is 14.9 Å². The van der Waals surface area contributed by atoms with Crippen LogP contribution in [0.25, 0.3) is 0 Å². The van der Waals surface area contributed by atoms with Gasteiger partial charge in [0.05, 0.1) is 12.5 Å². The van der Waals surface area contributed by atoms with E-state index in [1.54, 1.807) is 7.11 Å². The first-order valence-corrected chi connectivity index (χ1v) is 5.96. The Morgan fingerprint density at radius 3 is 2.47 bits per heavy atom. The molecular formula is C11H18N2O6. The molecule has 0 saturated heterocycles. The lowest BCUT2D eigenvalue weighted by atomic mass is 10.2. The third-order valence-electron chi connectivity index (χ3n) is 3.04. The Kier molecular flexibility index (Phi) is 5.56. The highest BCUT2D eigenvalue weighted by atomic mass is 16.5. The number of carbonyl (C=O) groups is 3. The zero-order chi connectivity index (χ0) is 14.4. The number of urea groups is 1. The van der Waals surface area contributed by atoms with Gasteiger partial charge >= 0.3 is 18.0 Å². The molecule has 1 aliphatic rings. The van der Waals surface area contributed by atoms with Crippen molar-refractivity contribution in [1.82, 2.24) is 10.6 Å². The molecule has 3 atom stereocenters. The van der Waals surface area contributed by atoms with Gasteiger partial charge in [0.1, 0.15) is 6.04 Å². The van der Waals surface area contributed by atoms with Gasteiger partial charge in [-0.3, -0.25) is 4.79 Å². The number of hydrogen-bond acceptors (Lipinski definition) is 4. The molecule has 108 valence electrons. The zero-order valence-electron chi connectivity index (χ0n) is 10.6. The molecule has 0 aromatic carbocycles. The van der Waals surface area contributed by atoms with Crippen molar-refractivity contribution in [2.45, 2.75) is 43.9 Å². The number of carboxylic acid groups (broad SMARTS) is 2. The number of aliphatic carboxylic acids is 2. The number of rotatable bonds is 6. The molecule has 0 spiro atoms. The first-order valence-electron chi connectivity index (χ1n) is 5.96. The van der Waals surface area contributed by atoms with Crippen molar-refractivity contribution in [3.63, 3.8) is 0 Å². The molecule has 8 heteroatoms. The summed E-state index contributed by atoms with van der Waals surface area (Å²) in [5.41, 5.74) is 0. The fourth-order valence-corrected chi connectivity index (χ4v) is 2.05. The first kappa shape index (κ1) is 15.2. The van der Waals surface area contributed by atoms with Gasteiger partial charge in [0.15, 0.2) is 0 Å². The summed E-state index contributed by atoms with van der Waals surface area (Å²) < 4.78 is 5.15. The molecule has 4 N–H and O–H groups in total. The minimum absolute atomic E-state index is 0.0794. The van der Waals surface area contributed by atoms with Gasteiger partial charge in [-0.15, -0.1) is 0 Å². The lowest BCUT2D eigenvalue weighted by molar-refractivity contribution is -0.145. The third-order valence-corrected chi connectivity index (χ3v) is 3.04. The van der Waals surface area contributed by atoms with E-state index >= 15 is 0 Å². The Hall–Kier alpha value is -1.83. The van der Waals surface area contributed by atoms with Gasteiger partial charge in [-0.25, -0.2) is 9.59 Å². The van der Waals surface area contributed by atoms with Gasteiger partial charge < -0.3 is 25.6 Å². The molecule has 0 radical (unpaired) electrons. The minimum Gasteiger partial charge on any atom is -0.481 e. The molecule has 2 unspecified atom stereocenters. The number of nitrogens with one attached hydrogen (secondary N) is 2. The Labute approximate surface area is 110 Å². The summed E-state index contributed by atoms with van der Waals surface area (Å²) in [7, 11) is 1.60. The van der Waals surface area contributed by atoms with Crippen molar-refractivity contribution in [3.05, 3.63) is 0 Å². The van der Waals surface area contributed by atoms with Gasteiger partial charge in [0, 0.05) is 13.2 Å². The van der Waals surface area contributed by atoms with Crippen LogP contribution in [-0.4, -0.2) is 53.5 Å². The summed E-state index contributed by atoms with van der Waals surface area (Å²) in [5.74, 6) is -2.66. The zero-order valence-corrected chi connectivity index (χ0v) is 10.6. The van der Waals surface area contributed by atoms with Crippen LogP contribution in [0.1, 0.15) is 25.7 Å². The Bertz CT molecular complexity index is 359. The van der Waals surface area contributed by atoms with Crippen LogP contribution in [0.15, 0.2) is 0 Å². The van der Waals surface area contributed by atoms with Gasteiger partial charge in [0.25, 0.3) is 0 Å². The SMILES string of the molecule is COC1CCC(NC(=O)N[C@@H](CC(=O)O)C(=O)O)C1. The van der Waals surface area contributed by atoms with Crippen LogP contribution in [-0.2, 0) is 14.3 Å². The molecule has 0 aromatic rings. The lowest BCUT2D eigenvalue weighted by Crippen LogP contribution is -2.49. The lowest BCUT2D eigenvalue weighted by Gasteiger charge is -2.17. The maximum Gasteiger partial charge on any atom is 0.326 e. The standard InChI is InChI=1S/C11H18N2O6/c1-19-7-3-2-6(4-7)12-11(18)13-8(10(16)17)5-9(14)15/h6-8H,2-5H2,1H3,(H,14,15)(H,16,17)(H2,12,13,18)/t6?,7?,8-/m0/s1. The Balaban J connectivity index is 2.40. The van der Waals surface area contributed by atoms with E-state index in [1.165, 1.54) is 0 Å². The van der Waals surface area contributed by atoms with E-state index in [0.29, 0.717) is 6.42 Å². The number of carboxylic acids is 2. The largest absolute Gasteiger partial charge is 0.481 e. The van der Waals surface area contributed by atoms with Crippen LogP contribution in [0.2, 0.25) is 0 Å². The highest BCUT2D eigenvalue weighted by Crippen LogP contribution is 2.21. The van der Waals surface area contributed by atoms with Gasteiger partial charge in [-0.1, -0.05) is 0 Å². The van der Waals surface area contributed by atoms with Crippen LogP contribution < -0.4 is 10.6 Å². The third kappa shape index (κ3) is 5.12. The summed E-state index contributed by atoms with van der Waals surface area (Å²) in [4.78, 5) is 32.8. The van der Waals surface area contributed by atoms with E-state index < -0.39 is 30.4 Å². The second-order valence-electron chi connectivity index (χ2n) is 4.47. The summed E-state index contributed by atoms with van der Waals surface area (Å²) in [6.07, 6.45) is 1.69. The molecule has 1 aliphatic carbocycles. The predicted molar refractivity (Wildman–Crippen MR) is 63.8 cm³/mol. The summed E-state index contributed by atoms with van der Waals surface area (Å²) >= 11 is 0. The molecule has 2 amide bonds. The molecular weight excluding hydrogens is 256 g/mol. The predicted octanol–water partition coefficient (Wildman–Crippen LogP) is -0.219. The van der Waals surface area contributed by atoms with Gasteiger partial charge in [-0.2, -0.15) is 0 Å². The highest BCUT2D eigenvalue weighted by Gasteiger charge is 2.28. The summed E-state index contributed by atoms with van der Waals surface area (Å²) in [6, 6.07) is -2.18. The topological polar surface area (TPSA) is 125 Å². The first-order chi connectivity index (χ1) is 8.92. The van der Waals surface area contributed by atoms with Crippen molar-refractivity contribution in [3.8, 4) is 0 Å². The van der Waals surface area contributed by atoms with Crippen LogP contribution in [0.4, 0.5) is 4.79 Å². The number of amides is 2. The number of ether oxygens (including phenoxy) is 1. The highest BCUT2D eigenvalue weighted by molar-refractivity contribution is 5.86. The molecule has 19 heavy (non-hydrogen) atoms. The normalized spacial score (nSPS) is 23.6. The van der Waals surface area contributed by atoms with Crippen molar-refractivity contribution in [2.24, 2.45) is 0 Å². The second-order valence-corrected chi connectivity index (χ2v) is 4.47. The molecule has 0 heterocycles. The van der Waals surface area contributed by atoms with Crippen LogP contribution >= 0.6 is 0 Å². The number of hydrogen-bond donors (Lipinski definition) is 4. The molecule has 1 saturated carbocycles. The average Bonchev–Trinajstić information content (AvgIpc) is 2.75. The maximum absolute atomic E-state index is 11.6. The van der Waals surface area contributed by atoms with Crippen molar-refractivity contribution < 1.29 is 29.3 Å². The van der Waals surface area contributed by atoms with E-state index in [2.05, 4.69) is 10.6 Å². The summed E-state index contributed by atoms with van der Waals surface area (Å²) in [6.45, 7) is 0. The summed E-state index contributed by atoms with van der Waals surface area (Å²) in [5, 5.41) is 22.1. The van der Waals surface area contributed by atoms with Crippen LogP contribution in [0, 0.1) is 0 Å². The fourth-order valence-electron chi connectivity index (χ4n) is 2.05. The molecule has 1 rings (SSSR count). The molecule has 0 aliphatic heterocycles. The number of methoxy groups -OCH3 is 1. The Morgan fingerprint density at radius 1 is 1.32 bits per heavy atom. The Morgan fingerprint density at radius 2 is 2.00 bits per heavy atom. The molecule has 8 nitrogen and oxygen atoms in total. The minimum atomic E-state index is -1.43. The quantitative estimate of drug-likeness (QED) is 0.530. The molecule has 1 fully saturated rings. The maximum atomic E-state index is 11.6. The van der Waals surface area contributed by atoms with Crippen molar-refractivity contribution >= 4 is 18.0 Å². The smallest absolute Gasteiger partial charge is 0.326 e. The second kappa shape index (κ2) is 6.93. The average molecular weight is 274 g/mol. The van der Waals surface area contributed by atoms with Crippen LogP contribution in [0.3, 0.4) is 0 Å². The van der Waals surface area contributed by atoms with Crippen LogP contribution in [0.5, 0.6) is 0 Å². The van der Waals surface area contributed by atoms with E-state index in [0.717, 1.165) is 12.8 Å². The van der Waals surface area contributed by atoms with Crippen molar-refractivity contribution in [2.75, 3.05) is 7.11 Å². The molecule has 0 aromatic heterocycles. The van der Waals surface area contributed by atoms with E-state index in [1.807, 2.05) is 0 Å².